The topological polar surface area (TPSA) is 0 Å². The first-order chi connectivity index (χ1) is 3.00. The normalized spacial score (nSPS) is 20.6. The first-order valence-corrected chi connectivity index (χ1v) is 2.00. The summed E-state index contributed by atoms with van der Waals surface area (Å²) in [6.45, 7) is 0. The van der Waals surface area contributed by atoms with Crippen LogP contribution in [-0.4, -0.2) is 0 Å². The number of hydrogen-bond donors (Lipinski definition) is 0. The third-order valence-electron chi connectivity index (χ3n) is 1.000. The van der Waals surface area contributed by atoms with Gasteiger partial charge in [0.1, 0.15) is 0 Å². The molecule has 1 rings (SSSR count). The Hall–Kier alpha value is 0. The molecular weight excluding hydrogens is 60.1 g/mol. The van der Waals surface area contributed by atoms with Crippen molar-refractivity contribution >= 4 is 0 Å². The van der Waals surface area contributed by atoms with Crippen LogP contribution < -0.4 is 0 Å². The summed E-state index contributed by atoms with van der Waals surface area (Å²) in [6.07, 6.45) is 6.00. The summed E-state index contributed by atoms with van der Waals surface area (Å²) >= 11 is 0. The number of rotatable bonds is 0. The van der Waals surface area contributed by atoms with E-state index in [9.17, 15) is 0 Å². The summed E-state index contributed by atoms with van der Waals surface area (Å²) in [4.78, 5) is 0. The highest BCUT2D eigenvalue weighted by Gasteiger charge is 1.95. The molecule has 0 aromatic heterocycles. The molecule has 0 N–H and O–H groups in total. The Morgan fingerprint density at radius 3 is 1.20 bits per heavy atom. The first-order valence-electron chi connectivity index (χ1n) is 3.00. The Labute approximate surface area is 35.6 Å². The Bertz CT molecular complexity index is 11.9. The molecule has 5 heavy (non-hydrogen) atoms. The van der Waals surface area contributed by atoms with E-state index in [4.69, 9.17) is 1.37 Å². The van der Waals surface area contributed by atoms with Crippen LogP contribution in [0.4, 0.5) is 0 Å². The largest absolute Gasteiger partial charge is 0.0776 e. The molecule has 0 saturated heterocycles. The van der Waals surface area contributed by atoms with Gasteiger partial charge >= 0.3 is 0 Å². The zero-order valence-electron chi connectivity index (χ0n) is 4.83. The van der Waals surface area contributed by atoms with Crippen LogP contribution in [0.1, 0.15) is 34.5 Å². The van der Waals surface area contributed by atoms with Gasteiger partial charge in [-0.2, -0.15) is 0 Å². The first kappa shape index (κ1) is 3.20. The van der Waals surface area contributed by atoms with Crippen molar-refractivity contribution in [3.63, 3.8) is 0 Å². The monoisotopic (exact) mass is 73.1 g/mol. The Morgan fingerprint density at radius 2 is 1.20 bits per heavy atom. The predicted molar refractivity (Wildman–Crippen MR) is 25.2 cm³/mol. The lowest BCUT2D eigenvalue weighted by Crippen LogP contribution is -1.85. The minimum Gasteiger partial charge on any atom is -0.0776 e. The van der Waals surface area contributed by atoms with Crippen molar-refractivity contribution in [1.29, 1.82) is 0 Å². The second kappa shape index (κ2) is 2.25. The minimum atomic E-state index is 1.25. The van der Waals surface area contributed by atoms with Gasteiger partial charge in [0, 0.05) is 1.37 Å². The maximum absolute atomic E-state index is 5.75. The van der Waals surface area contributed by atoms with Gasteiger partial charge in [-0.25, -0.2) is 0 Å². The SMILES string of the molecule is C1CCC1.[2H]C. The lowest BCUT2D eigenvalue weighted by Gasteiger charge is -2.05. The van der Waals surface area contributed by atoms with Gasteiger partial charge < -0.3 is 0 Å². The molecular formula is C5H12. The van der Waals surface area contributed by atoms with Crippen LogP contribution >= 0.6 is 0 Å². The van der Waals surface area contributed by atoms with Crippen molar-refractivity contribution < 1.29 is 1.37 Å². The summed E-state index contributed by atoms with van der Waals surface area (Å²) in [5.41, 5.74) is 0. The summed E-state index contributed by atoms with van der Waals surface area (Å²) in [5.74, 6) is 0. The van der Waals surface area contributed by atoms with E-state index in [2.05, 4.69) is 0 Å². The van der Waals surface area contributed by atoms with Gasteiger partial charge in [-0.1, -0.05) is 33.1 Å². The third-order valence-corrected chi connectivity index (χ3v) is 1.000. The average molecular weight is 73.2 g/mol. The molecule has 0 aromatic rings. The van der Waals surface area contributed by atoms with Crippen LogP contribution in [0.3, 0.4) is 0 Å². The predicted octanol–water partition coefficient (Wildman–Crippen LogP) is 2.20. The highest BCUT2D eigenvalue weighted by Crippen LogP contribution is 2.15. The second-order valence-electron chi connectivity index (χ2n) is 1.41. The zero-order valence-corrected chi connectivity index (χ0v) is 3.83. The summed E-state index contributed by atoms with van der Waals surface area (Å²) in [6, 6.07) is 0. The van der Waals surface area contributed by atoms with Gasteiger partial charge in [-0.3, -0.25) is 0 Å². The van der Waals surface area contributed by atoms with E-state index in [-0.39, 0.29) is 0 Å². The van der Waals surface area contributed by atoms with E-state index in [1.54, 1.807) is 0 Å². The quantitative estimate of drug-likeness (QED) is 0.412. The number of hydrogen-bond acceptors (Lipinski definition) is 0. The highest BCUT2D eigenvalue weighted by atomic mass is 14.0. The summed E-state index contributed by atoms with van der Waals surface area (Å²) in [7, 11) is 1.25. The van der Waals surface area contributed by atoms with Crippen molar-refractivity contribution in [2.45, 2.75) is 33.1 Å². The van der Waals surface area contributed by atoms with E-state index in [1.165, 1.54) is 33.1 Å². The van der Waals surface area contributed by atoms with Crippen molar-refractivity contribution in [2.24, 2.45) is 0 Å². The van der Waals surface area contributed by atoms with Crippen LogP contribution in [0.2, 0.25) is 0 Å². The highest BCUT2D eigenvalue weighted by molar-refractivity contribution is 4.50. The standard InChI is InChI=1S/C4H8.CH4/c1-2-4-3-1;/h1-4H2;1H4/i;1D. The van der Waals surface area contributed by atoms with Crippen LogP contribution in [0, 0.1) is 0 Å². The van der Waals surface area contributed by atoms with Gasteiger partial charge in [0.05, 0.1) is 0 Å². The fourth-order valence-corrected chi connectivity index (χ4v) is 0.250. The Morgan fingerprint density at radius 1 is 1.00 bits per heavy atom. The Balaban J connectivity index is 0.000000112. The van der Waals surface area contributed by atoms with Crippen LogP contribution in [0.25, 0.3) is 0 Å². The molecule has 32 valence electrons. The van der Waals surface area contributed by atoms with E-state index >= 15 is 0 Å². The lowest BCUT2D eigenvalue weighted by molar-refractivity contribution is 0.504. The van der Waals surface area contributed by atoms with Crippen LogP contribution in [0.15, 0.2) is 0 Å². The van der Waals surface area contributed by atoms with Crippen molar-refractivity contribution in [3.8, 4) is 0 Å². The maximum atomic E-state index is 5.75. The third kappa shape index (κ3) is 1.00. The molecule has 1 fully saturated rings. The van der Waals surface area contributed by atoms with E-state index < -0.39 is 0 Å². The van der Waals surface area contributed by atoms with Gasteiger partial charge in [0.25, 0.3) is 0 Å². The molecule has 0 heteroatoms. The molecule has 0 spiro atoms. The average Bonchev–Trinajstić information content (AvgIpc) is 1.36. The van der Waals surface area contributed by atoms with Crippen molar-refractivity contribution in [3.05, 3.63) is 0 Å². The molecule has 1 saturated carbocycles. The van der Waals surface area contributed by atoms with E-state index in [0.717, 1.165) is 0 Å². The molecule has 0 bridgehead atoms. The maximum Gasteiger partial charge on any atom is 0.0194 e. The zero-order chi connectivity index (χ0) is 4.83. The fraction of sp³-hybridized carbons (Fsp3) is 1.00. The van der Waals surface area contributed by atoms with E-state index in [0.29, 0.717) is 0 Å². The Kier molecular flexibility index (Phi) is 1.44. The molecule has 1 aliphatic rings. The molecule has 1 aliphatic carbocycles. The summed E-state index contributed by atoms with van der Waals surface area (Å²) < 4.78 is 5.75. The molecule has 0 aromatic carbocycles. The van der Waals surface area contributed by atoms with Gasteiger partial charge in [0.15, 0.2) is 0 Å². The minimum absolute atomic E-state index is 1.25. The van der Waals surface area contributed by atoms with Gasteiger partial charge in [-0.15, -0.1) is 0 Å². The lowest BCUT2D eigenvalue weighted by atomic mass is 10.0. The molecule has 0 nitrogen and oxygen atoms in total. The summed E-state index contributed by atoms with van der Waals surface area (Å²) in [5, 5.41) is 0. The molecule has 0 atom stereocenters. The fourth-order valence-electron chi connectivity index (χ4n) is 0.250. The molecule has 0 amide bonds. The molecule has 0 unspecified atom stereocenters. The van der Waals surface area contributed by atoms with E-state index in [1.807, 2.05) is 0 Å². The van der Waals surface area contributed by atoms with Crippen molar-refractivity contribution in [2.75, 3.05) is 0 Å². The van der Waals surface area contributed by atoms with Crippen LogP contribution in [0.5, 0.6) is 0 Å². The van der Waals surface area contributed by atoms with Gasteiger partial charge in [-0.05, 0) is 0 Å². The molecule has 0 aliphatic heterocycles. The molecule has 0 radical (unpaired) electrons. The van der Waals surface area contributed by atoms with Gasteiger partial charge in [0.2, 0.25) is 0 Å². The van der Waals surface area contributed by atoms with Crippen molar-refractivity contribution in [1.82, 2.24) is 0 Å². The molecule has 0 heterocycles. The van der Waals surface area contributed by atoms with Crippen LogP contribution in [-0.2, 0) is 0 Å². The second-order valence-corrected chi connectivity index (χ2v) is 1.41. The smallest absolute Gasteiger partial charge is 0.0194 e.